The van der Waals surface area contributed by atoms with Gasteiger partial charge >= 0.3 is 6.18 Å². The molecule has 1 aromatic rings. The van der Waals surface area contributed by atoms with Crippen molar-refractivity contribution in [3.05, 3.63) is 23.7 Å². The number of halogens is 3. The van der Waals surface area contributed by atoms with Crippen molar-refractivity contribution in [3.8, 4) is 0 Å². The van der Waals surface area contributed by atoms with Crippen molar-refractivity contribution < 1.29 is 13.2 Å². The Balaban J connectivity index is 2.26. The largest absolute Gasteiger partial charge is 0.421 e. The summed E-state index contributed by atoms with van der Waals surface area (Å²) in [6, 6.07) is 0.214. The zero-order chi connectivity index (χ0) is 22.4. The predicted molar refractivity (Wildman–Crippen MR) is 111 cm³/mol. The average Bonchev–Trinajstić information content (AvgIpc) is 3.45. The number of hydrogen-bond donors (Lipinski definition) is 6. The Morgan fingerprint density at radius 3 is 2.60 bits per heavy atom. The molecule has 1 aliphatic carbocycles. The van der Waals surface area contributed by atoms with E-state index in [0.29, 0.717) is 5.82 Å². The van der Waals surface area contributed by atoms with E-state index in [1.807, 2.05) is 0 Å². The number of anilines is 2. The Hall–Kier alpha value is -3.18. The summed E-state index contributed by atoms with van der Waals surface area (Å²) in [6.07, 6.45) is 1.83. The molecule has 1 heterocycles. The summed E-state index contributed by atoms with van der Waals surface area (Å²) in [4.78, 5) is 7.75. The van der Waals surface area contributed by atoms with E-state index >= 15 is 0 Å². The highest BCUT2D eigenvalue weighted by Gasteiger charge is 2.35. The fourth-order valence-corrected chi connectivity index (χ4v) is 2.25. The number of nitrogens with zero attached hydrogens (tertiary/aromatic N) is 3. The molecule has 0 radical (unpaired) electrons. The lowest BCUT2D eigenvalue weighted by molar-refractivity contribution is -0.137. The van der Waals surface area contributed by atoms with Gasteiger partial charge in [0.1, 0.15) is 17.2 Å². The number of hydrazone groups is 1. The first kappa shape index (κ1) is 23.1. The molecular weight excluding hydrogens is 399 g/mol. The molecule has 0 atom stereocenters. The first-order chi connectivity index (χ1) is 14.1. The van der Waals surface area contributed by atoms with E-state index in [1.54, 1.807) is 20.8 Å². The van der Waals surface area contributed by atoms with Gasteiger partial charge in [0.2, 0.25) is 5.95 Å². The van der Waals surface area contributed by atoms with Gasteiger partial charge in [-0.3, -0.25) is 5.43 Å². The molecule has 0 aromatic carbocycles. The number of rotatable bonds is 11. The van der Waals surface area contributed by atoms with Gasteiger partial charge in [-0.05, 0) is 33.6 Å². The Kier molecular flexibility index (Phi) is 7.35. The van der Waals surface area contributed by atoms with Gasteiger partial charge in [0.05, 0.1) is 17.5 Å². The molecule has 12 heteroatoms. The van der Waals surface area contributed by atoms with Gasteiger partial charge in [-0.2, -0.15) is 23.3 Å². The van der Waals surface area contributed by atoms with Gasteiger partial charge in [-0.25, -0.2) is 4.98 Å². The average molecular weight is 425 g/mol. The third-order valence-corrected chi connectivity index (χ3v) is 4.08. The van der Waals surface area contributed by atoms with Crippen LogP contribution in [-0.2, 0) is 6.18 Å². The van der Waals surface area contributed by atoms with E-state index in [9.17, 15) is 13.2 Å². The summed E-state index contributed by atoms with van der Waals surface area (Å²) in [5, 5.41) is 27.8. The van der Waals surface area contributed by atoms with Gasteiger partial charge in [0.15, 0.2) is 0 Å². The fourth-order valence-electron chi connectivity index (χ4n) is 2.25. The number of nitrogens with one attached hydrogen (secondary N) is 6. The molecule has 0 amide bonds. The predicted octanol–water partition coefficient (Wildman–Crippen LogP) is 2.96. The summed E-state index contributed by atoms with van der Waals surface area (Å²) in [5.74, 6) is 0.0562. The van der Waals surface area contributed by atoms with E-state index in [4.69, 9.17) is 10.8 Å². The quantitative estimate of drug-likeness (QED) is 0.238. The topological polar surface area (TPSA) is 134 Å². The molecule has 0 unspecified atom stereocenters. The second kappa shape index (κ2) is 9.55. The van der Waals surface area contributed by atoms with Crippen molar-refractivity contribution in [3.63, 3.8) is 0 Å². The number of hydrogen-bond acceptors (Lipinski definition) is 9. The van der Waals surface area contributed by atoms with Crippen LogP contribution in [0.3, 0.4) is 0 Å². The van der Waals surface area contributed by atoms with Crippen molar-refractivity contribution in [2.75, 3.05) is 17.2 Å². The van der Waals surface area contributed by atoms with Gasteiger partial charge in [0, 0.05) is 31.1 Å². The maximum atomic E-state index is 13.2. The SMILES string of the molecule is CCNc1nc(N/C(=C/C(=N)C(C)(C)N/N=C\C=N)NC2CC2)ncc1C(F)(F)F. The second-order valence-corrected chi connectivity index (χ2v) is 7.18. The van der Waals surface area contributed by atoms with Crippen molar-refractivity contribution >= 4 is 29.9 Å². The van der Waals surface area contributed by atoms with E-state index in [1.165, 1.54) is 12.3 Å². The van der Waals surface area contributed by atoms with Crippen LogP contribution < -0.4 is 21.4 Å². The summed E-state index contributed by atoms with van der Waals surface area (Å²) < 4.78 is 39.5. The molecule has 1 fully saturated rings. The molecule has 0 saturated heterocycles. The Morgan fingerprint density at radius 1 is 1.33 bits per heavy atom. The molecule has 2 rings (SSSR count). The minimum absolute atomic E-state index is 0.0289. The highest BCUT2D eigenvalue weighted by Crippen LogP contribution is 2.33. The van der Waals surface area contributed by atoms with Gasteiger partial charge in [-0.15, -0.1) is 0 Å². The van der Waals surface area contributed by atoms with E-state index in [0.717, 1.165) is 25.3 Å². The lowest BCUT2D eigenvalue weighted by atomic mass is 9.99. The molecule has 0 spiro atoms. The first-order valence-electron chi connectivity index (χ1n) is 9.38. The highest BCUT2D eigenvalue weighted by molar-refractivity contribution is 6.14. The first-order valence-corrected chi connectivity index (χ1v) is 9.38. The molecule has 1 aliphatic rings. The third-order valence-electron chi connectivity index (χ3n) is 4.08. The van der Waals surface area contributed by atoms with E-state index < -0.39 is 17.3 Å². The van der Waals surface area contributed by atoms with Crippen LogP contribution in [0.5, 0.6) is 0 Å². The maximum absolute atomic E-state index is 13.2. The van der Waals surface area contributed by atoms with Gasteiger partial charge in [-0.1, -0.05) is 0 Å². The normalized spacial score (nSPS) is 15.1. The number of alkyl halides is 3. The second-order valence-electron chi connectivity index (χ2n) is 7.18. The van der Waals surface area contributed by atoms with Crippen molar-refractivity contribution in [2.24, 2.45) is 5.10 Å². The molecule has 9 nitrogen and oxygen atoms in total. The van der Waals surface area contributed by atoms with Crippen molar-refractivity contribution in [1.29, 1.82) is 10.8 Å². The van der Waals surface area contributed by atoms with Crippen LogP contribution in [0.2, 0.25) is 0 Å². The minimum Gasteiger partial charge on any atom is -0.370 e. The Labute approximate surface area is 172 Å². The van der Waals surface area contributed by atoms with Gasteiger partial charge in [0.25, 0.3) is 0 Å². The lowest BCUT2D eigenvalue weighted by Gasteiger charge is -2.24. The number of aromatic nitrogens is 2. The zero-order valence-corrected chi connectivity index (χ0v) is 17.0. The highest BCUT2D eigenvalue weighted by atomic mass is 19.4. The molecule has 1 saturated carbocycles. The lowest BCUT2D eigenvalue weighted by Crippen LogP contribution is -2.43. The summed E-state index contributed by atoms with van der Waals surface area (Å²) in [6.45, 7) is 5.41. The van der Waals surface area contributed by atoms with E-state index in [2.05, 4.69) is 36.4 Å². The van der Waals surface area contributed by atoms with Crippen molar-refractivity contribution in [1.82, 2.24) is 20.7 Å². The molecule has 1 aromatic heterocycles. The van der Waals surface area contributed by atoms with Crippen LogP contribution in [0.25, 0.3) is 0 Å². The standard InChI is InChI=1S/C18H26F3N9/c1-4-24-15-12(18(19,20)21)10-25-16(29-15)28-14(27-11-5-6-11)9-13(23)17(2,3)30-26-8-7-22/h7-11,22-23,27,30H,4-6H2,1-3H3,(H2,24,25,28,29)/b14-9+,22-7?,23-13?,26-8-. The van der Waals surface area contributed by atoms with Crippen LogP contribution in [-0.4, -0.2) is 46.2 Å². The fraction of sp³-hybridized carbons (Fsp3) is 0.500. The molecular formula is C18H26F3N9. The Bertz CT molecular complexity index is 827. The maximum Gasteiger partial charge on any atom is 0.421 e. The minimum atomic E-state index is -4.57. The van der Waals surface area contributed by atoms with E-state index in [-0.39, 0.29) is 30.1 Å². The molecule has 164 valence electrons. The summed E-state index contributed by atoms with van der Waals surface area (Å²) >= 11 is 0. The van der Waals surface area contributed by atoms with Crippen LogP contribution in [0.1, 0.15) is 39.2 Å². The molecule has 0 aliphatic heterocycles. The molecule has 0 bridgehead atoms. The Morgan fingerprint density at radius 2 is 2.03 bits per heavy atom. The van der Waals surface area contributed by atoms with Gasteiger partial charge < -0.3 is 26.8 Å². The summed E-state index contributed by atoms with van der Waals surface area (Å²) in [5.41, 5.74) is 1.13. The van der Waals surface area contributed by atoms with Crippen LogP contribution in [0.15, 0.2) is 23.2 Å². The zero-order valence-electron chi connectivity index (χ0n) is 17.0. The summed E-state index contributed by atoms with van der Waals surface area (Å²) in [7, 11) is 0. The monoisotopic (exact) mass is 425 g/mol. The smallest absolute Gasteiger partial charge is 0.370 e. The van der Waals surface area contributed by atoms with Crippen LogP contribution >= 0.6 is 0 Å². The van der Waals surface area contributed by atoms with Crippen molar-refractivity contribution in [2.45, 2.75) is 51.4 Å². The van der Waals surface area contributed by atoms with Crippen LogP contribution in [0, 0.1) is 10.8 Å². The third kappa shape index (κ3) is 6.71. The van der Waals surface area contributed by atoms with Crippen LogP contribution in [0.4, 0.5) is 24.9 Å². The molecule has 6 N–H and O–H groups in total. The molecule has 30 heavy (non-hydrogen) atoms.